The van der Waals surface area contributed by atoms with E-state index in [4.69, 9.17) is 0 Å². The van der Waals surface area contributed by atoms with Gasteiger partial charge in [0.2, 0.25) is 0 Å². The van der Waals surface area contributed by atoms with E-state index < -0.39 is 0 Å². The molecule has 0 bridgehead atoms. The second-order valence-corrected chi connectivity index (χ2v) is 4.66. The maximum absolute atomic E-state index is 4.38. The lowest BCUT2D eigenvalue weighted by molar-refractivity contribution is 0.657. The Balaban J connectivity index is 3.09. The number of hydrogen-bond acceptors (Lipinski definition) is 2. The third-order valence-electron chi connectivity index (χ3n) is 2.88. The van der Waals surface area contributed by atoms with Crippen molar-refractivity contribution < 1.29 is 0 Å². The fraction of sp³-hybridized carbons (Fsp3) is 0.538. The molecule has 1 rings (SSSR count). The SMILES string of the molecule is CNC(CS)c1cc(C(C)C)ccc1C. The molecule has 0 amide bonds. The Bertz CT molecular complexity index is 316. The summed E-state index contributed by atoms with van der Waals surface area (Å²) >= 11 is 4.38. The molecule has 0 heterocycles. The predicted molar refractivity (Wildman–Crippen MR) is 70.9 cm³/mol. The van der Waals surface area contributed by atoms with Crippen molar-refractivity contribution in [2.75, 3.05) is 12.8 Å². The Morgan fingerprint density at radius 3 is 2.47 bits per heavy atom. The molecule has 1 nitrogen and oxygen atoms in total. The smallest absolute Gasteiger partial charge is 0.0409 e. The molecule has 1 atom stereocenters. The summed E-state index contributed by atoms with van der Waals surface area (Å²) < 4.78 is 0. The van der Waals surface area contributed by atoms with Gasteiger partial charge in [0.05, 0.1) is 0 Å². The highest BCUT2D eigenvalue weighted by atomic mass is 32.1. The van der Waals surface area contributed by atoms with Crippen molar-refractivity contribution in [2.24, 2.45) is 0 Å². The van der Waals surface area contributed by atoms with Crippen LogP contribution in [0.1, 0.15) is 42.5 Å². The van der Waals surface area contributed by atoms with E-state index in [9.17, 15) is 0 Å². The van der Waals surface area contributed by atoms with Crippen LogP contribution in [0.15, 0.2) is 18.2 Å². The minimum absolute atomic E-state index is 0.354. The van der Waals surface area contributed by atoms with E-state index in [1.807, 2.05) is 7.05 Å². The van der Waals surface area contributed by atoms with Crippen LogP contribution in [-0.4, -0.2) is 12.8 Å². The molecule has 0 saturated carbocycles. The summed E-state index contributed by atoms with van der Waals surface area (Å²) in [5.74, 6) is 1.42. The van der Waals surface area contributed by atoms with Crippen molar-refractivity contribution in [3.8, 4) is 0 Å². The van der Waals surface area contributed by atoms with Crippen LogP contribution in [0.2, 0.25) is 0 Å². The average Bonchev–Trinajstić information content (AvgIpc) is 2.22. The first-order valence-electron chi connectivity index (χ1n) is 5.48. The van der Waals surface area contributed by atoms with Crippen molar-refractivity contribution in [3.63, 3.8) is 0 Å². The third kappa shape index (κ3) is 2.99. The van der Waals surface area contributed by atoms with E-state index in [-0.39, 0.29) is 0 Å². The molecule has 0 aliphatic rings. The fourth-order valence-corrected chi connectivity index (χ4v) is 2.12. The van der Waals surface area contributed by atoms with Crippen LogP contribution in [0.4, 0.5) is 0 Å². The molecule has 0 aliphatic heterocycles. The number of hydrogen-bond donors (Lipinski definition) is 2. The van der Waals surface area contributed by atoms with Crippen LogP contribution in [0.5, 0.6) is 0 Å². The van der Waals surface area contributed by atoms with Crippen LogP contribution >= 0.6 is 12.6 Å². The molecule has 0 radical (unpaired) electrons. The summed E-state index contributed by atoms with van der Waals surface area (Å²) in [5.41, 5.74) is 4.11. The third-order valence-corrected chi connectivity index (χ3v) is 3.24. The number of benzene rings is 1. The lowest BCUT2D eigenvalue weighted by atomic mass is 9.95. The molecule has 0 spiro atoms. The Labute approximate surface area is 98.7 Å². The fourth-order valence-electron chi connectivity index (χ4n) is 1.74. The number of nitrogens with one attached hydrogen (secondary N) is 1. The van der Waals surface area contributed by atoms with Gasteiger partial charge < -0.3 is 5.32 Å². The summed E-state index contributed by atoms with van der Waals surface area (Å²) in [7, 11) is 1.99. The zero-order chi connectivity index (χ0) is 11.4. The van der Waals surface area contributed by atoms with E-state index in [0.717, 1.165) is 5.75 Å². The first-order valence-corrected chi connectivity index (χ1v) is 6.12. The van der Waals surface area contributed by atoms with Crippen LogP contribution in [0.25, 0.3) is 0 Å². The van der Waals surface area contributed by atoms with Gasteiger partial charge in [-0.2, -0.15) is 12.6 Å². The lowest BCUT2D eigenvalue weighted by Gasteiger charge is -2.18. The minimum atomic E-state index is 0.354. The monoisotopic (exact) mass is 223 g/mol. The highest BCUT2D eigenvalue weighted by Gasteiger charge is 2.11. The summed E-state index contributed by atoms with van der Waals surface area (Å²) in [6, 6.07) is 7.08. The van der Waals surface area contributed by atoms with E-state index in [2.05, 4.69) is 56.9 Å². The summed E-state index contributed by atoms with van der Waals surface area (Å²) in [6.07, 6.45) is 0. The normalized spacial score (nSPS) is 13.2. The van der Waals surface area contributed by atoms with E-state index in [1.165, 1.54) is 16.7 Å². The molecule has 1 N–H and O–H groups in total. The van der Waals surface area contributed by atoms with Gasteiger partial charge in [0.1, 0.15) is 0 Å². The largest absolute Gasteiger partial charge is 0.312 e. The molecular weight excluding hydrogens is 202 g/mol. The number of aryl methyl sites for hydroxylation is 1. The minimum Gasteiger partial charge on any atom is -0.312 e. The first-order chi connectivity index (χ1) is 7.10. The van der Waals surface area contributed by atoms with Gasteiger partial charge in [-0.1, -0.05) is 32.0 Å². The molecule has 0 aliphatic carbocycles. The van der Waals surface area contributed by atoms with Crippen molar-refractivity contribution in [1.82, 2.24) is 5.32 Å². The van der Waals surface area contributed by atoms with E-state index in [1.54, 1.807) is 0 Å². The lowest BCUT2D eigenvalue weighted by Crippen LogP contribution is -2.19. The summed E-state index contributed by atoms with van der Waals surface area (Å²) in [5, 5.41) is 3.30. The van der Waals surface area contributed by atoms with Crippen molar-refractivity contribution >= 4 is 12.6 Å². The second-order valence-electron chi connectivity index (χ2n) is 4.29. The van der Waals surface area contributed by atoms with Gasteiger partial charge in [-0.25, -0.2) is 0 Å². The quantitative estimate of drug-likeness (QED) is 0.746. The van der Waals surface area contributed by atoms with E-state index >= 15 is 0 Å². The average molecular weight is 223 g/mol. The van der Waals surface area contributed by atoms with Gasteiger partial charge >= 0.3 is 0 Å². The maximum Gasteiger partial charge on any atom is 0.0409 e. The van der Waals surface area contributed by atoms with Gasteiger partial charge in [0, 0.05) is 11.8 Å². The molecular formula is C13H21NS. The van der Waals surface area contributed by atoms with Crippen molar-refractivity contribution in [2.45, 2.75) is 32.7 Å². The van der Waals surface area contributed by atoms with Gasteiger partial charge in [-0.05, 0) is 36.6 Å². The molecule has 1 aromatic carbocycles. The second kappa shape index (κ2) is 5.57. The molecule has 0 aromatic heterocycles. The van der Waals surface area contributed by atoms with Crippen molar-refractivity contribution in [1.29, 1.82) is 0 Å². The van der Waals surface area contributed by atoms with Crippen molar-refractivity contribution in [3.05, 3.63) is 34.9 Å². The standard InChI is InChI=1S/C13H21NS/c1-9(2)11-6-5-10(3)12(7-11)13(8-15)14-4/h5-7,9,13-15H,8H2,1-4H3. The van der Waals surface area contributed by atoms with Gasteiger partial charge in [-0.15, -0.1) is 0 Å². The van der Waals surface area contributed by atoms with Gasteiger partial charge in [-0.3, -0.25) is 0 Å². The van der Waals surface area contributed by atoms with Gasteiger partial charge in [0.25, 0.3) is 0 Å². The van der Waals surface area contributed by atoms with Crippen LogP contribution in [0.3, 0.4) is 0 Å². The van der Waals surface area contributed by atoms with Crippen LogP contribution in [-0.2, 0) is 0 Å². The zero-order valence-corrected chi connectivity index (χ0v) is 10.9. The molecule has 0 fully saturated rings. The first kappa shape index (κ1) is 12.6. The number of rotatable bonds is 4. The summed E-state index contributed by atoms with van der Waals surface area (Å²) in [4.78, 5) is 0. The maximum atomic E-state index is 4.38. The predicted octanol–water partition coefficient (Wildman–Crippen LogP) is 3.31. The molecule has 1 unspecified atom stereocenters. The molecule has 2 heteroatoms. The Hall–Kier alpha value is -0.470. The van der Waals surface area contributed by atoms with Gasteiger partial charge in [0.15, 0.2) is 0 Å². The summed E-state index contributed by atoms with van der Waals surface area (Å²) in [6.45, 7) is 6.61. The Morgan fingerprint density at radius 1 is 1.33 bits per heavy atom. The topological polar surface area (TPSA) is 12.0 Å². The molecule has 0 saturated heterocycles. The zero-order valence-electron chi connectivity index (χ0n) is 10.0. The van der Waals surface area contributed by atoms with E-state index in [0.29, 0.717) is 12.0 Å². The highest BCUT2D eigenvalue weighted by Crippen LogP contribution is 2.23. The Morgan fingerprint density at radius 2 is 2.00 bits per heavy atom. The molecule has 84 valence electrons. The Kier molecular flexibility index (Phi) is 4.68. The number of thiol groups is 1. The highest BCUT2D eigenvalue weighted by molar-refractivity contribution is 7.80. The van der Waals surface area contributed by atoms with Crippen LogP contribution in [0, 0.1) is 6.92 Å². The van der Waals surface area contributed by atoms with Crippen LogP contribution < -0.4 is 5.32 Å². The molecule has 1 aromatic rings. The molecule has 15 heavy (non-hydrogen) atoms.